The summed E-state index contributed by atoms with van der Waals surface area (Å²) >= 11 is 0. The summed E-state index contributed by atoms with van der Waals surface area (Å²) in [6.45, 7) is 3.50. The van der Waals surface area contributed by atoms with Crippen molar-refractivity contribution in [2.75, 3.05) is 13.7 Å². The average molecular weight is 265 g/mol. The van der Waals surface area contributed by atoms with Gasteiger partial charge in [-0.1, -0.05) is 37.6 Å². The van der Waals surface area contributed by atoms with Gasteiger partial charge in [0.05, 0.1) is 13.0 Å². The van der Waals surface area contributed by atoms with Crippen molar-refractivity contribution >= 4 is 5.97 Å². The maximum atomic E-state index is 10.8. The smallest absolute Gasteiger partial charge is 0.307 e. The lowest BCUT2D eigenvalue weighted by Gasteiger charge is -2.18. The Balaban J connectivity index is 2.62. The van der Waals surface area contributed by atoms with E-state index in [1.807, 2.05) is 24.3 Å². The average Bonchev–Trinajstić information content (AvgIpc) is 2.37. The van der Waals surface area contributed by atoms with Gasteiger partial charge in [-0.15, -0.1) is 0 Å². The summed E-state index contributed by atoms with van der Waals surface area (Å²) in [4.78, 5) is 10.8. The quantitative estimate of drug-likeness (QED) is 0.719. The molecule has 0 bridgehead atoms. The lowest BCUT2D eigenvalue weighted by atomic mass is 10.0. The predicted octanol–water partition coefficient (Wildman–Crippen LogP) is 2.22. The van der Waals surface area contributed by atoms with Crippen LogP contribution >= 0.6 is 0 Å². The highest BCUT2D eigenvalue weighted by molar-refractivity contribution is 5.70. The number of carbonyl (C=O) groups is 1. The molecule has 1 atom stereocenters. The Kier molecular flexibility index (Phi) is 7.15. The number of methoxy groups -OCH3 is 1. The van der Waals surface area contributed by atoms with E-state index in [-0.39, 0.29) is 6.42 Å². The molecule has 1 rings (SSSR count). The van der Waals surface area contributed by atoms with Crippen LogP contribution < -0.4 is 5.32 Å². The van der Waals surface area contributed by atoms with Crippen LogP contribution in [-0.4, -0.2) is 30.8 Å². The van der Waals surface area contributed by atoms with E-state index in [1.54, 1.807) is 7.11 Å². The molecule has 0 heterocycles. The third-order valence-electron chi connectivity index (χ3n) is 3.05. The molecule has 0 aliphatic carbocycles. The summed E-state index contributed by atoms with van der Waals surface area (Å²) < 4.78 is 5.18. The largest absolute Gasteiger partial charge is 0.481 e. The van der Waals surface area contributed by atoms with Crippen LogP contribution in [0.1, 0.15) is 30.9 Å². The van der Waals surface area contributed by atoms with Crippen molar-refractivity contribution in [3.8, 4) is 0 Å². The molecule has 1 aromatic rings. The van der Waals surface area contributed by atoms with E-state index >= 15 is 0 Å². The maximum Gasteiger partial charge on any atom is 0.307 e. The highest BCUT2D eigenvalue weighted by Gasteiger charge is 2.09. The second kappa shape index (κ2) is 8.67. The maximum absolute atomic E-state index is 10.8. The number of aliphatic carboxylic acids is 1. The summed E-state index contributed by atoms with van der Waals surface area (Å²) in [5, 5.41) is 12.3. The van der Waals surface area contributed by atoms with E-state index in [1.165, 1.54) is 0 Å². The Morgan fingerprint density at radius 2 is 2.05 bits per heavy atom. The zero-order valence-electron chi connectivity index (χ0n) is 11.7. The lowest BCUT2D eigenvalue weighted by molar-refractivity contribution is -0.136. The van der Waals surface area contributed by atoms with Crippen molar-refractivity contribution in [2.45, 2.75) is 38.8 Å². The first kappa shape index (κ1) is 15.7. The minimum atomic E-state index is -0.797. The van der Waals surface area contributed by atoms with Gasteiger partial charge in [-0.05, 0) is 17.5 Å². The van der Waals surface area contributed by atoms with E-state index < -0.39 is 5.97 Å². The van der Waals surface area contributed by atoms with E-state index in [9.17, 15) is 4.79 Å². The van der Waals surface area contributed by atoms with Crippen LogP contribution in [0.4, 0.5) is 0 Å². The van der Waals surface area contributed by atoms with Gasteiger partial charge in [0, 0.05) is 19.7 Å². The zero-order valence-corrected chi connectivity index (χ0v) is 11.7. The van der Waals surface area contributed by atoms with Crippen molar-refractivity contribution in [1.82, 2.24) is 5.32 Å². The monoisotopic (exact) mass is 265 g/mol. The van der Waals surface area contributed by atoms with E-state index in [2.05, 4.69) is 12.2 Å². The zero-order chi connectivity index (χ0) is 14.1. The molecule has 19 heavy (non-hydrogen) atoms. The van der Waals surface area contributed by atoms with Gasteiger partial charge in [-0.25, -0.2) is 0 Å². The molecule has 0 saturated heterocycles. The number of hydrogen-bond donors (Lipinski definition) is 2. The predicted molar refractivity (Wildman–Crippen MR) is 75.2 cm³/mol. The van der Waals surface area contributed by atoms with Gasteiger partial charge in [0.15, 0.2) is 0 Å². The fraction of sp³-hybridized carbons (Fsp3) is 0.533. The number of carboxylic acids is 1. The SMILES string of the molecule is CCCC(COC)NCc1ccccc1CC(=O)O. The summed E-state index contributed by atoms with van der Waals surface area (Å²) in [7, 11) is 1.70. The molecule has 0 saturated carbocycles. The Bertz CT molecular complexity index is 387. The minimum absolute atomic E-state index is 0.0700. The highest BCUT2D eigenvalue weighted by atomic mass is 16.5. The molecule has 0 fully saturated rings. The molecular formula is C15H23NO3. The molecule has 1 unspecified atom stereocenters. The third-order valence-corrected chi connectivity index (χ3v) is 3.05. The third kappa shape index (κ3) is 5.85. The van der Waals surface area contributed by atoms with Gasteiger partial charge in [0.2, 0.25) is 0 Å². The van der Waals surface area contributed by atoms with E-state index in [0.29, 0.717) is 19.2 Å². The molecule has 4 nitrogen and oxygen atoms in total. The summed E-state index contributed by atoms with van der Waals surface area (Å²) in [6.07, 6.45) is 2.22. The summed E-state index contributed by atoms with van der Waals surface area (Å²) in [6, 6.07) is 7.97. The number of benzene rings is 1. The van der Waals surface area contributed by atoms with Crippen molar-refractivity contribution in [3.05, 3.63) is 35.4 Å². The molecule has 0 aliphatic heterocycles. The lowest BCUT2D eigenvalue weighted by Crippen LogP contribution is -2.32. The van der Waals surface area contributed by atoms with Crippen LogP contribution in [0.25, 0.3) is 0 Å². The molecule has 0 aliphatic rings. The Morgan fingerprint density at radius 3 is 2.63 bits per heavy atom. The van der Waals surface area contributed by atoms with Crippen LogP contribution in [0.2, 0.25) is 0 Å². The number of nitrogens with one attached hydrogen (secondary N) is 1. The van der Waals surface area contributed by atoms with Crippen LogP contribution in [0.5, 0.6) is 0 Å². The fourth-order valence-electron chi connectivity index (χ4n) is 2.11. The van der Waals surface area contributed by atoms with Gasteiger partial charge in [-0.2, -0.15) is 0 Å². The number of carboxylic acid groups (broad SMARTS) is 1. The molecule has 0 spiro atoms. The Hall–Kier alpha value is -1.39. The Labute approximate surface area is 114 Å². The van der Waals surface area contributed by atoms with Crippen LogP contribution in [0.3, 0.4) is 0 Å². The first-order valence-corrected chi connectivity index (χ1v) is 6.68. The summed E-state index contributed by atoms with van der Waals surface area (Å²) in [5.74, 6) is -0.797. The van der Waals surface area contributed by atoms with Gasteiger partial charge >= 0.3 is 5.97 Å². The second-order valence-electron chi connectivity index (χ2n) is 4.66. The van der Waals surface area contributed by atoms with Crippen molar-refractivity contribution in [3.63, 3.8) is 0 Å². The fourth-order valence-corrected chi connectivity index (χ4v) is 2.11. The topological polar surface area (TPSA) is 58.6 Å². The molecule has 2 N–H and O–H groups in total. The van der Waals surface area contributed by atoms with Crippen LogP contribution in [-0.2, 0) is 22.5 Å². The number of ether oxygens (including phenoxy) is 1. The normalized spacial score (nSPS) is 12.3. The number of rotatable bonds is 9. The highest BCUT2D eigenvalue weighted by Crippen LogP contribution is 2.10. The Morgan fingerprint density at radius 1 is 1.37 bits per heavy atom. The number of hydrogen-bond acceptors (Lipinski definition) is 3. The molecule has 106 valence electrons. The molecule has 0 aromatic heterocycles. The minimum Gasteiger partial charge on any atom is -0.481 e. The van der Waals surface area contributed by atoms with Gasteiger partial charge in [0.1, 0.15) is 0 Å². The molecule has 0 amide bonds. The van der Waals surface area contributed by atoms with Crippen LogP contribution in [0, 0.1) is 0 Å². The van der Waals surface area contributed by atoms with Crippen LogP contribution in [0.15, 0.2) is 24.3 Å². The van der Waals surface area contributed by atoms with Gasteiger partial charge in [-0.3, -0.25) is 4.79 Å². The summed E-state index contributed by atoms with van der Waals surface area (Å²) in [5.41, 5.74) is 1.91. The standard InChI is InChI=1S/C15H23NO3/c1-3-6-14(11-19-2)16-10-13-8-5-4-7-12(13)9-15(17)18/h4-5,7-8,14,16H,3,6,9-11H2,1-2H3,(H,17,18). The van der Waals surface area contributed by atoms with E-state index in [0.717, 1.165) is 24.0 Å². The second-order valence-corrected chi connectivity index (χ2v) is 4.66. The van der Waals surface area contributed by atoms with E-state index in [4.69, 9.17) is 9.84 Å². The van der Waals surface area contributed by atoms with Crippen molar-refractivity contribution < 1.29 is 14.6 Å². The van der Waals surface area contributed by atoms with Gasteiger partial charge < -0.3 is 15.2 Å². The van der Waals surface area contributed by atoms with Crippen molar-refractivity contribution in [1.29, 1.82) is 0 Å². The first-order chi connectivity index (χ1) is 9.17. The molecule has 4 heteroatoms. The van der Waals surface area contributed by atoms with Crippen molar-refractivity contribution in [2.24, 2.45) is 0 Å². The first-order valence-electron chi connectivity index (χ1n) is 6.68. The van der Waals surface area contributed by atoms with Gasteiger partial charge in [0.25, 0.3) is 0 Å². The molecular weight excluding hydrogens is 242 g/mol. The molecule has 1 aromatic carbocycles. The molecule has 0 radical (unpaired) electrons.